The van der Waals surface area contributed by atoms with E-state index < -0.39 is 0 Å². The molecular formula is C14H31IN4. The molecule has 1 fully saturated rings. The van der Waals surface area contributed by atoms with Gasteiger partial charge in [-0.1, -0.05) is 26.2 Å². The smallest absolute Gasteiger partial charge is 0.188 e. The predicted octanol–water partition coefficient (Wildman–Crippen LogP) is 2.43. The van der Waals surface area contributed by atoms with Crippen LogP contribution in [-0.4, -0.2) is 44.1 Å². The van der Waals surface area contributed by atoms with Crippen LogP contribution in [0.1, 0.15) is 45.4 Å². The molecule has 0 saturated carbocycles. The number of nitrogens with one attached hydrogen (secondary N) is 1. The number of hydrogen-bond acceptors (Lipinski definition) is 2. The van der Waals surface area contributed by atoms with Crippen LogP contribution >= 0.6 is 24.0 Å². The molecule has 4 nitrogen and oxygen atoms in total. The minimum atomic E-state index is 0. The van der Waals surface area contributed by atoms with E-state index in [4.69, 9.17) is 5.73 Å². The number of unbranched alkanes of at least 4 members (excludes halogenated alkanes) is 3. The van der Waals surface area contributed by atoms with E-state index in [9.17, 15) is 0 Å². The highest BCUT2D eigenvalue weighted by molar-refractivity contribution is 14.0. The molecule has 1 saturated heterocycles. The van der Waals surface area contributed by atoms with Gasteiger partial charge in [-0.3, -0.25) is 4.99 Å². The summed E-state index contributed by atoms with van der Waals surface area (Å²) in [5.74, 6) is 1.35. The SMILES string of the molecule is CCCCCCNC(N)=NCC1CCN(C)CC1.I. The average Bonchev–Trinajstić information content (AvgIpc) is 2.38. The van der Waals surface area contributed by atoms with Crippen LogP contribution in [0.4, 0.5) is 0 Å². The van der Waals surface area contributed by atoms with Crippen molar-refractivity contribution in [3.63, 3.8) is 0 Å². The van der Waals surface area contributed by atoms with Crippen LogP contribution in [0, 0.1) is 5.92 Å². The third-order valence-corrected chi connectivity index (χ3v) is 3.69. The normalized spacial score (nSPS) is 18.1. The second kappa shape index (κ2) is 11.8. The Hall–Kier alpha value is -0.0400. The Labute approximate surface area is 135 Å². The molecule has 0 aromatic carbocycles. The van der Waals surface area contributed by atoms with Gasteiger partial charge >= 0.3 is 0 Å². The Balaban J connectivity index is 0.00000324. The quantitative estimate of drug-likeness (QED) is 0.308. The summed E-state index contributed by atoms with van der Waals surface area (Å²) < 4.78 is 0. The third kappa shape index (κ3) is 9.49. The summed E-state index contributed by atoms with van der Waals surface area (Å²) >= 11 is 0. The molecule has 0 amide bonds. The molecule has 0 bridgehead atoms. The molecule has 0 aromatic rings. The zero-order valence-electron chi connectivity index (χ0n) is 12.5. The molecule has 0 spiro atoms. The van der Waals surface area contributed by atoms with Gasteiger partial charge in [-0.2, -0.15) is 0 Å². The van der Waals surface area contributed by atoms with Crippen LogP contribution in [0.2, 0.25) is 0 Å². The van der Waals surface area contributed by atoms with E-state index in [1.807, 2.05) is 0 Å². The first-order valence-electron chi connectivity index (χ1n) is 7.44. The van der Waals surface area contributed by atoms with Gasteiger partial charge in [0.25, 0.3) is 0 Å². The molecule has 0 aromatic heterocycles. The Bertz CT molecular complexity index is 238. The molecule has 0 aliphatic carbocycles. The van der Waals surface area contributed by atoms with Gasteiger partial charge in [0.15, 0.2) is 5.96 Å². The van der Waals surface area contributed by atoms with Gasteiger partial charge in [0.05, 0.1) is 0 Å². The maximum Gasteiger partial charge on any atom is 0.188 e. The van der Waals surface area contributed by atoms with Gasteiger partial charge in [0, 0.05) is 13.1 Å². The van der Waals surface area contributed by atoms with Crippen LogP contribution in [0.5, 0.6) is 0 Å². The van der Waals surface area contributed by atoms with Crippen molar-refractivity contribution in [1.29, 1.82) is 0 Å². The lowest BCUT2D eigenvalue weighted by atomic mass is 9.97. The predicted molar refractivity (Wildman–Crippen MR) is 94.3 cm³/mol. The molecule has 0 radical (unpaired) electrons. The number of hydrogen-bond donors (Lipinski definition) is 2. The van der Waals surface area contributed by atoms with Crippen LogP contribution in [0.25, 0.3) is 0 Å². The molecule has 1 aliphatic rings. The van der Waals surface area contributed by atoms with Crippen LogP contribution in [-0.2, 0) is 0 Å². The maximum atomic E-state index is 5.86. The summed E-state index contributed by atoms with van der Waals surface area (Å²) in [6, 6.07) is 0. The molecule has 1 rings (SSSR count). The third-order valence-electron chi connectivity index (χ3n) is 3.69. The second-order valence-corrected chi connectivity index (χ2v) is 5.46. The minimum absolute atomic E-state index is 0. The van der Waals surface area contributed by atoms with Crippen molar-refractivity contribution in [2.75, 3.05) is 33.2 Å². The van der Waals surface area contributed by atoms with Gasteiger partial charge in [-0.25, -0.2) is 0 Å². The first-order valence-corrected chi connectivity index (χ1v) is 7.44. The van der Waals surface area contributed by atoms with Gasteiger partial charge in [-0.05, 0) is 45.3 Å². The van der Waals surface area contributed by atoms with Crippen molar-refractivity contribution in [3.05, 3.63) is 0 Å². The van der Waals surface area contributed by atoms with E-state index in [0.29, 0.717) is 5.96 Å². The molecule has 3 N–H and O–H groups in total. The van der Waals surface area contributed by atoms with Gasteiger partial charge in [0.1, 0.15) is 0 Å². The summed E-state index contributed by atoms with van der Waals surface area (Å²) in [7, 11) is 2.19. The fourth-order valence-corrected chi connectivity index (χ4v) is 2.30. The lowest BCUT2D eigenvalue weighted by Gasteiger charge is -2.27. The Morgan fingerprint density at radius 1 is 1.26 bits per heavy atom. The molecular weight excluding hydrogens is 351 g/mol. The molecule has 19 heavy (non-hydrogen) atoms. The van der Waals surface area contributed by atoms with Crippen LogP contribution in [0.15, 0.2) is 4.99 Å². The van der Waals surface area contributed by atoms with E-state index in [0.717, 1.165) is 19.0 Å². The lowest BCUT2D eigenvalue weighted by Crippen LogP contribution is -2.34. The fourth-order valence-electron chi connectivity index (χ4n) is 2.30. The Morgan fingerprint density at radius 3 is 2.58 bits per heavy atom. The molecule has 1 aliphatic heterocycles. The molecule has 5 heteroatoms. The second-order valence-electron chi connectivity index (χ2n) is 5.46. The van der Waals surface area contributed by atoms with Crippen molar-refractivity contribution in [1.82, 2.24) is 10.2 Å². The van der Waals surface area contributed by atoms with E-state index >= 15 is 0 Å². The first-order chi connectivity index (χ1) is 8.72. The number of likely N-dealkylation sites (tertiary alicyclic amines) is 1. The van der Waals surface area contributed by atoms with Crippen LogP contribution < -0.4 is 11.1 Å². The van der Waals surface area contributed by atoms with Crippen LogP contribution in [0.3, 0.4) is 0 Å². The van der Waals surface area contributed by atoms with Crippen molar-refractivity contribution in [2.45, 2.75) is 45.4 Å². The largest absolute Gasteiger partial charge is 0.370 e. The lowest BCUT2D eigenvalue weighted by molar-refractivity contribution is 0.223. The fraction of sp³-hybridized carbons (Fsp3) is 0.929. The number of nitrogens with zero attached hydrogens (tertiary/aromatic N) is 2. The zero-order valence-corrected chi connectivity index (χ0v) is 14.9. The van der Waals surface area contributed by atoms with E-state index in [1.54, 1.807) is 0 Å². The number of rotatable bonds is 7. The number of aliphatic imine (C=N–C) groups is 1. The maximum absolute atomic E-state index is 5.86. The molecule has 1 heterocycles. The molecule has 114 valence electrons. The zero-order chi connectivity index (χ0) is 13.2. The number of piperidine rings is 1. The summed E-state index contributed by atoms with van der Waals surface area (Å²) in [6.07, 6.45) is 7.58. The number of guanidine groups is 1. The van der Waals surface area contributed by atoms with Crippen molar-refractivity contribution < 1.29 is 0 Å². The van der Waals surface area contributed by atoms with E-state index in [1.165, 1.54) is 51.6 Å². The van der Waals surface area contributed by atoms with Crippen molar-refractivity contribution in [2.24, 2.45) is 16.6 Å². The highest BCUT2D eigenvalue weighted by Crippen LogP contribution is 2.15. The van der Waals surface area contributed by atoms with Gasteiger partial charge < -0.3 is 16.0 Å². The average molecular weight is 382 g/mol. The first kappa shape index (κ1) is 19.0. The summed E-state index contributed by atoms with van der Waals surface area (Å²) in [5.41, 5.74) is 5.86. The molecule has 0 unspecified atom stereocenters. The summed E-state index contributed by atoms with van der Waals surface area (Å²) in [6.45, 7) is 6.48. The Morgan fingerprint density at radius 2 is 1.95 bits per heavy atom. The number of nitrogens with two attached hydrogens (primary N) is 1. The standard InChI is InChI=1S/C14H30N4.HI/c1-3-4-5-6-9-16-14(15)17-12-13-7-10-18(2)11-8-13;/h13H,3-12H2,1-2H3,(H3,15,16,17);1H. The number of halogens is 1. The van der Waals surface area contributed by atoms with Crippen molar-refractivity contribution in [3.8, 4) is 0 Å². The monoisotopic (exact) mass is 382 g/mol. The Kier molecular flexibility index (Phi) is 11.7. The minimum Gasteiger partial charge on any atom is -0.370 e. The summed E-state index contributed by atoms with van der Waals surface area (Å²) in [4.78, 5) is 6.84. The van der Waals surface area contributed by atoms with Crippen molar-refractivity contribution >= 4 is 29.9 Å². The highest BCUT2D eigenvalue weighted by Gasteiger charge is 2.15. The van der Waals surface area contributed by atoms with E-state index in [2.05, 4.69) is 29.2 Å². The van der Waals surface area contributed by atoms with Gasteiger partial charge in [0.2, 0.25) is 0 Å². The summed E-state index contributed by atoms with van der Waals surface area (Å²) in [5, 5.41) is 3.21. The molecule has 0 atom stereocenters. The van der Waals surface area contributed by atoms with Gasteiger partial charge in [-0.15, -0.1) is 24.0 Å². The highest BCUT2D eigenvalue weighted by atomic mass is 127. The topological polar surface area (TPSA) is 53.6 Å². The van der Waals surface area contributed by atoms with E-state index in [-0.39, 0.29) is 24.0 Å².